The second kappa shape index (κ2) is 4.10. The van der Waals surface area contributed by atoms with Crippen LogP contribution >= 0.6 is 22.9 Å². The predicted octanol–water partition coefficient (Wildman–Crippen LogP) is 1.94. The zero-order chi connectivity index (χ0) is 9.97. The Morgan fingerprint density at radius 1 is 1.64 bits per heavy atom. The lowest BCUT2D eigenvalue weighted by Crippen LogP contribution is -2.28. The van der Waals surface area contributed by atoms with Crippen molar-refractivity contribution in [1.29, 1.82) is 0 Å². The minimum Gasteiger partial charge on any atom is -0.453 e. The number of hydrogen-bond acceptors (Lipinski definition) is 5. The highest BCUT2D eigenvalue weighted by atomic mass is 35.5. The van der Waals surface area contributed by atoms with Gasteiger partial charge in [-0.3, -0.25) is 5.84 Å². The topological polar surface area (TPSA) is 64.1 Å². The van der Waals surface area contributed by atoms with Gasteiger partial charge in [-0.15, -0.1) is 11.3 Å². The molecule has 0 radical (unpaired) electrons. The van der Waals surface area contributed by atoms with E-state index in [2.05, 4.69) is 10.4 Å². The summed E-state index contributed by atoms with van der Waals surface area (Å²) in [5, 5.41) is 2.24. The molecular weight excluding hydrogens is 222 g/mol. The molecule has 2 heterocycles. The Morgan fingerprint density at radius 3 is 3.00 bits per heavy atom. The first-order valence-electron chi connectivity index (χ1n) is 3.90. The first-order valence-corrected chi connectivity index (χ1v) is 5.22. The lowest BCUT2D eigenvalue weighted by atomic mass is 10.1. The Bertz CT molecular complexity index is 400. The van der Waals surface area contributed by atoms with Crippen molar-refractivity contribution >= 4 is 22.9 Å². The van der Waals surface area contributed by atoms with Gasteiger partial charge in [-0.25, -0.2) is 10.4 Å². The van der Waals surface area contributed by atoms with Gasteiger partial charge in [0.1, 0.15) is 0 Å². The van der Waals surface area contributed by atoms with Crippen molar-refractivity contribution in [3.63, 3.8) is 0 Å². The molecule has 1 atom stereocenters. The largest absolute Gasteiger partial charge is 0.453 e. The van der Waals surface area contributed by atoms with Gasteiger partial charge in [0.25, 0.3) is 0 Å². The normalized spacial score (nSPS) is 13.0. The highest BCUT2D eigenvalue weighted by molar-refractivity contribution is 7.07. The van der Waals surface area contributed by atoms with Crippen molar-refractivity contribution in [2.75, 3.05) is 0 Å². The molecule has 74 valence electrons. The van der Waals surface area contributed by atoms with Gasteiger partial charge in [0, 0.05) is 10.9 Å². The van der Waals surface area contributed by atoms with Gasteiger partial charge in [-0.05, 0) is 17.7 Å². The summed E-state index contributed by atoms with van der Waals surface area (Å²) in [5.74, 6) is 5.44. The van der Waals surface area contributed by atoms with Crippen LogP contribution in [0.25, 0.3) is 0 Å². The van der Waals surface area contributed by atoms with Crippen molar-refractivity contribution in [1.82, 2.24) is 10.4 Å². The summed E-state index contributed by atoms with van der Waals surface area (Å²) in [4.78, 5) is 4.16. The number of nitrogens with one attached hydrogen (secondary N) is 1. The molecule has 2 aromatic rings. The summed E-state index contributed by atoms with van der Waals surface area (Å²) in [6, 6.07) is 1.55. The minimum atomic E-state index is -0.215. The Kier molecular flexibility index (Phi) is 2.83. The van der Waals surface area contributed by atoms with E-state index in [1.807, 2.05) is 5.38 Å². The maximum atomic E-state index is 5.84. The molecule has 2 aromatic heterocycles. The smallest absolute Gasteiger partial charge is 0.198 e. The molecular formula is C8H8ClN3OS. The highest BCUT2D eigenvalue weighted by Gasteiger charge is 2.18. The molecule has 6 heteroatoms. The lowest BCUT2D eigenvalue weighted by Gasteiger charge is -2.11. The fourth-order valence-electron chi connectivity index (χ4n) is 1.21. The average Bonchev–Trinajstić information content (AvgIpc) is 2.80. The second-order valence-corrected chi connectivity index (χ2v) is 3.72. The van der Waals surface area contributed by atoms with Gasteiger partial charge in [0.15, 0.2) is 5.22 Å². The summed E-state index contributed by atoms with van der Waals surface area (Å²) < 4.78 is 4.99. The first kappa shape index (κ1) is 9.67. The Morgan fingerprint density at radius 2 is 2.50 bits per heavy atom. The third-order valence-electron chi connectivity index (χ3n) is 1.87. The molecule has 4 nitrogen and oxygen atoms in total. The van der Waals surface area contributed by atoms with Crippen LogP contribution in [0.5, 0.6) is 0 Å². The number of furan rings is 1. The summed E-state index contributed by atoms with van der Waals surface area (Å²) in [7, 11) is 0. The van der Waals surface area contributed by atoms with Gasteiger partial charge in [-0.1, -0.05) is 0 Å². The standard InChI is InChI=1S/C8H8ClN3OS/c9-8-5(1-2-13-8)7(12-10)6-3-14-4-11-6/h1-4,7,12H,10H2. The van der Waals surface area contributed by atoms with Crippen LogP contribution in [0.4, 0.5) is 0 Å². The van der Waals surface area contributed by atoms with Crippen LogP contribution in [0.1, 0.15) is 17.3 Å². The maximum Gasteiger partial charge on any atom is 0.198 e. The molecule has 2 rings (SSSR count). The summed E-state index contributed by atoms with van der Waals surface area (Å²) >= 11 is 7.35. The van der Waals surface area contributed by atoms with Gasteiger partial charge < -0.3 is 4.42 Å². The van der Waals surface area contributed by atoms with E-state index in [-0.39, 0.29) is 6.04 Å². The van der Waals surface area contributed by atoms with Crippen LogP contribution in [-0.2, 0) is 0 Å². The van der Waals surface area contributed by atoms with Crippen molar-refractivity contribution in [2.45, 2.75) is 6.04 Å². The second-order valence-electron chi connectivity index (χ2n) is 2.66. The third kappa shape index (κ3) is 1.67. The number of hydrogen-bond donors (Lipinski definition) is 2. The van der Waals surface area contributed by atoms with E-state index in [9.17, 15) is 0 Å². The molecule has 0 aliphatic carbocycles. The molecule has 0 spiro atoms. The van der Waals surface area contributed by atoms with Gasteiger partial charge in [-0.2, -0.15) is 0 Å². The van der Waals surface area contributed by atoms with Crippen LogP contribution in [0.3, 0.4) is 0 Å². The quantitative estimate of drug-likeness (QED) is 0.624. The SMILES string of the molecule is NNC(c1cscn1)c1ccoc1Cl. The third-order valence-corrected chi connectivity index (χ3v) is 2.78. The van der Waals surface area contributed by atoms with Crippen molar-refractivity contribution in [3.05, 3.63) is 39.7 Å². The number of rotatable bonds is 3. The molecule has 0 fully saturated rings. The number of hydrazine groups is 1. The zero-order valence-electron chi connectivity index (χ0n) is 7.11. The Labute approximate surface area is 89.7 Å². The molecule has 0 aromatic carbocycles. The van der Waals surface area contributed by atoms with E-state index in [1.54, 1.807) is 11.6 Å². The van der Waals surface area contributed by atoms with Gasteiger partial charge in [0.05, 0.1) is 23.5 Å². The van der Waals surface area contributed by atoms with E-state index in [4.69, 9.17) is 21.9 Å². The Hall–Kier alpha value is -0.880. The number of halogens is 1. The fourth-order valence-corrected chi connectivity index (χ4v) is 2.01. The van der Waals surface area contributed by atoms with E-state index < -0.39 is 0 Å². The molecule has 0 aliphatic heterocycles. The molecule has 0 saturated carbocycles. The zero-order valence-corrected chi connectivity index (χ0v) is 8.68. The van der Waals surface area contributed by atoms with E-state index in [1.165, 1.54) is 17.6 Å². The summed E-state index contributed by atoms with van der Waals surface area (Å²) in [6.07, 6.45) is 1.52. The Balaban J connectivity index is 2.36. The molecule has 0 saturated heterocycles. The average molecular weight is 230 g/mol. The predicted molar refractivity (Wildman–Crippen MR) is 55.0 cm³/mol. The van der Waals surface area contributed by atoms with Gasteiger partial charge in [0.2, 0.25) is 0 Å². The minimum absolute atomic E-state index is 0.215. The highest BCUT2D eigenvalue weighted by Crippen LogP contribution is 2.28. The van der Waals surface area contributed by atoms with E-state index >= 15 is 0 Å². The monoisotopic (exact) mass is 229 g/mol. The summed E-state index contributed by atoms with van der Waals surface area (Å²) in [5.41, 5.74) is 6.02. The van der Waals surface area contributed by atoms with Crippen LogP contribution in [0.2, 0.25) is 5.22 Å². The fraction of sp³-hybridized carbons (Fsp3) is 0.125. The van der Waals surface area contributed by atoms with Crippen LogP contribution < -0.4 is 11.3 Å². The molecule has 0 aliphatic rings. The molecule has 0 bridgehead atoms. The number of thiazole rings is 1. The number of nitrogens with two attached hydrogens (primary N) is 1. The molecule has 14 heavy (non-hydrogen) atoms. The van der Waals surface area contributed by atoms with Crippen molar-refractivity contribution < 1.29 is 4.42 Å². The maximum absolute atomic E-state index is 5.84. The van der Waals surface area contributed by atoms with Crippen LogP contribution in [0, 0.1) is 0 Å². The van der Waals surface area contributed by atoms with Crippen LogP contribution in [-0.4, -0.2) is 4.98 Å². The van der Waals surface area contributed by atoms with Crippen molar-refractivity contribution in [2.24, 2.45) is 5.84 Å². The van der Waals surface area contributed by atoms with E-state index in [0.29, 0.717) is 5.22 Å². The first-order chi connectivity index (χ1) is 6.83. The molecule has 0 amide bonds. The number of aromatic nitrogens is 1. The van der Waals surface area contributed by atoms with Crippen LogP contribution in [0.15, 0.2) is 27.6 Å². The summed E-state index contributed by atoms with van der Waals surface area (Å²) in [6.45, 7) is 0. The van der Waals surface area contributed by atoms with Gasteiger partial charge >= 0.3 is 0 Å². The lowest BCUT2D eigenvalue weighted by molar-refractivity contribution is 0.553. The molecule has 3 N–H and O–H groups in total. The molecule has 1 unspecified atom stereocenters. The van der Waals surface area contributed by atoms with E-state index in [0.717, 1.165) is 11.3 Å². The van der Waals surface area contributed by atoms with Crippen molar-refractivity contribution in [3.8, 4) is 0 Å². The number of nitrogens with zero attached hydrogens (tertiary/aromatic N) is 1.